The zero-order valence-corrected chi connectivity index (χ0v) is 17.2. The van der Waals surface area contributed by atoms with Crippen LogP contribution in [0.2, 0.25) is 0 Å². The Labute approximate surface area is 153 Å². The maximum atomic E-state index is 11.7. The molecule has 0 bridgehead atoms. The minimum atomic E-state index is -3.12. The predicted molar refractivity (Wildman–Crippen MR) is 107 cm³/mol. The number of anilines is 1. The summed E-state index contributed by atoms with van der Waals surface area (Å²) >= 11 is 0. The Morgan fingerprint density at radius 3 is 2.48 bits per heavy atom. The van der Waals surface area contributed by atoms with Crippen molar-refractivity contribution in [1.82, 2.24) is 4.72 Å². The Hall–Kier alpha value is -1.07. The molecule has 0 radical (unpaired) electrons. The molecule has 0 aliphatic heterocycles. The van der Waals surface area contributed by atoms with Gasteiger partial charge in [-0.3, -0.25) is 0 Å². The van der Waals surface area contributed by atoms with Crippen LogP contribution < -0.4 is 10.0 Å². The molecule has 0 heterocycles. The quantitative estimate of drug-likeness (QED) is 0.644. The Bertz CT molecular complexity index is 683. The van der Waals surface area contributed by atoms with Gasteiger partial charge in [-0.25, -0.2) is 13.1 Å². The van der Waals surface area contributed by atoms with Gasteiger partial charge in [0.2, 0.25) is 10.0 Å². The minimum absolute atomic E-state index is 0.359. The number of hydrogen-bond donors (Lipinski definition) is 2. The van der Waals surface area contributed by atoms with Crippen molar-refractivity contribution in [2.45, 2.75) is 71.5 Å². The number of sulfonamides is 1. The molecule has 0 saturated heterocycles. The smallest absolute Gasteiger partial charge is 0.213 e. The van der Waals surface area contributed by atoms with Gasteiger partial charge in [-0.15, -0.1) is 0 Å². The van der Waals surface area contributed by atoms with E-state index in [2.05, 4.69) is 42.9 Å². The summed E-state index contributed by atoms with van der Waals surface area (Å²) in [6.45, 7) is 11.8. The van der Waals surface area contributed by atoms with Crippen molar-refractivity contribution in [3.05, 3.63) is 28.8 Å². The molecular weight excluding hydrogens is 332 g/mol. The van der Waals surface area contributed by atoms with Crippen molar-refractivity contribution in [2.75, 3.05) is 18.4 Å². The van der Waals surface area contributed by atoms with Crippen molar-refractivity contribution in [1.29, 1.82) is 0 Å². The van der Waals surface area contributed by atoms with Crippen LogP contribution in [0.25, 0.3) is 0 Å². The molecule has 1 aromatic carbocycles. The molecule has 0 fully saturated rings. The van der Waals surface area contributed by atoms with Gasteiger partial charge in [-0.05, 0) is 80.7 Å². The van der Waals surface area contributed by atoms with E-state index in [1.807, 2.05) is 0 Å². The van der Waals surface area contributed by atoms with Crippen LogP contribution in [0, 0.1) is 12.8 Å². The first kappa shape index (κ1) is 20.2. The highest BCUT2D eigenvalue weighted by Gasteiger charge is 2.27. The molecule has 0 amide bonds. The molecule has 142 valence electrons. The molecule has 4 nitrogen and oxygen atoms in total. The first-order chi connectivity index (χ1) is 11.7. The van der Waals surface area contributed by atoms with Crippen molar-refractivity contribution >= 4 is 15.7 Å². The minimum Gasteiger partial charge on any atom is -0.385 e. The molecule has 2 N–H and O–H groups in total. The lowest BCUT2D eigenvalue weighted by molar-refractivity contribution is 0.531. The van der Waals surface area contributed by atoms with Gasteiger partial charge >= 0.3 is 0 Å². The fourth-order valence-corrected chi connectivity index (χ4v) is 4.40. The van der Waals surface area contributed by atoms with Crippen LogP contribution in [0.4, 0.5) is 5.69 Å². The molecule has 0 spiro atoms. The molecule has 2 atom stereocenters. The predicted octanol–water partition coefficient (Wildman–Crippen LogP) is 4.20. The number of benzene rings is 1. The zero-order valence-electron chi connectivity index (χ0n) is 16.4. The Morgan fingerprint density at radius 2 is 1.80 bits per heavy atom. The Kier molecular flexibility index (Phi) is 6.92. The van der Waals surface area contributed by atoms with Crippen LogP contribution in [-0.4, -0.2) is 26.8 Å². The van der Waals surface area contributed by atoms with Crippen LogP contribution in [0.1, 0.15) is 69.6 Å². The zero-order chi connectivity index (χ0) is 18.6. The van der Waals surface area contributed by atoms with E-state index in [0.29, 0.717) is 12.5 Å². The summed E-state index contributed by atoms with van der Waals surface area (Å²) in [5, 5.41) is 3.17. The molecule has 0 saturated carbocycles. The van der Waals surface area contributed by atoms with Gasteiger partial charge < -0.3 is 5.32 Å². The Balaban J connectivity index is 1.71. The summed E-state index contributed by atoms with van der Waals surface area (Å²) in [5.41, 5.74) is 5.68. The maximum absolute atomic E-state index is 11.7. The van der Waals surface area contributed by atoms with E-state index in [-0.39, 0.29) is 5.25 Å². The maximum Gasteiger partial charge on any atom is 0.213 e. The second-order valence-electron chi connectivity index (χ2n) is 7.81. The highest BCUT2D eigenvalue weighted by molar-refractivity contribution is 7.90. The van der Waals surface area contributed by atoms with E-state index in [1.54, 1.807) is 19.4 Å². The van der Waals surface area contributed by atoms with Crippen molar-refractivity contribution in [3.8, 4) is 0 Å². The van der Waals surface area contributed by atoms with Gasteiger partial charge in [-0.1, -0.05) is 20.3 Å². The van der Waals surface area contributed by atoms with E-state index in [1.165, 1.54) is 23.2 Å². The molecular formula is C20H34N2O2S. The van der Waals surface area contributed by atoms with E-state index >= 15 is 0 Å². The van der Waals surface area contributed by atoms with Gasteiger partial charge in [0.05, 0.1) is 5.25 Å². The van der Waals surface area contributed by atoms with Gasteiger partial charge in [0, 0.05) is 18.8 Å². The normalized spacial score (nSPS) is 20.1. The van der Waals surface area contributed by atoms with E-state index in [9.17, 15) is 8.42 Å². The van der Waals surface area contributed by atoms with E-state index in [4.69, 9.17) is 0 Å². The second kappa shape index (κ2) is 8.54. The summed E-state index contributed by atoms with van der Waals surface area (Å²) in [6, 6.07) is 4.59. The number of unbranched alkanes of at least 4 members (excludes halogenated alkanes) is 2. The van der Waals surface area contributed by atoms with Gasteiger partial charge in [-0.2, -0.15) is 0 Å². The second-order valence-corrected chi connectivity index (χ2v) is 10.1. The van der Waals surface area contributed by atoms with Crippen molar-refractivity contribution < 1.29 is 8.42 Å². The molecule has 5 heteroatoms. The summed E-state index contributed by atoms with van der Waals surface area (Å²) < 4.78 is 26.0. The number of nitrogens with one attached hydrogen (secondary N) is 2. The lowest BCUT2D eigenvalue weighted by Crippen LogP contribution is -2.31. The molecule has 0 aromatic heterocycles. The summed E-state index contributed by atoms with van der Waals surface area (Å²) in [5.74, 6) is 1.40. The topological polar surface area (TPSA) is 58.2 Å². The van der Waals surface area contributed by atoms with Gasteiger partial charge in [0.25, 0.3) is 0 Å². The monoisotopic (exact) mass is 366 g/mol. The first-order valence-electron chi connectivity index (χ1n) is 9.58. The fraction of sp³-hybridized carbons (Fsp3) is 0.700. The number of aryl methyl sites for hydroxylation is 1. The summed E-state index contributed by atoms with van der Waals surface area (Å²) in [7, 11) is -3.12. The Morgan fingerprint density at radius 1 is 1.12 bits per heavy atom. The third-order valence-electron chi connectivity index (χ3n) is 5.43. The SMILES string of the molecule is Cc1cc(NCCCCCNS(=O)(=O)C(C)C)cc2c1C(C)C(C)C2. The van der Waals surface area contributed by atoms with Crippen LogP contribution in [0.15, 0.2) is 12.1 Å². The highest BCUT2D eigenvalue weighted by Crippen LogP contribution is 2.40. The lowest BCUT2D eigenvalue weighted by atomic mass is 9.93. The van der Waals surface area contributed by atoms with Crippen molar-refractivity contribution in [2.24, 2.45) is 5.92 Å². The van der Waals surface area contributed by atoms with Crippen LogP contribution in [0.3, 0.4) is 0 Å². The molecule has 2 unspecified atom stereocenters. The molecule has 1 aliphatic carbocycles. The highest BCUT2D eigenvalue weighted by atomic mass is 32.2. The van der Waals surface area contributed by atoms with E-state index in [0.717, 1.165) is 31.7 Å². The summed E-state index contributed by atoms with van der Waals surface area (Å²) in [4.78, 5) is 0. The van der Waals surface area contributed by atoms with Gasteiger partial charge in [0.1, 0.15) is 0 Å². The number of rotatable bonds is 9. The van der Waals surface area contributed by atoms with Crippen LogP contribution in [0.5, 0.6) is 0 Å². The fourth-order valence-electron chi connectivity index (χ4n) is 3.64. The third kappa shape index (κ3) is 5.20. The van der Waals surface area contributed by atoms with Crippen LogP contribution >= 0.6 is 0 Å². The van der Waals surface area contributed by atoms with Crippen LogP contribution in [-0.2, 0) is 16.4 Å². The van der Waals surface area contributed by atoms with Crippen molar-refractivity contribution in [3.63, 3.8) is 0 Å². The molecule has 1 aliphatic rings. The average Bonchev–Trinajstić information content (AvgIpc) is 2.81. The largest absolute Gasteiger partial charge is 0.385 e. The third-order valence-corrected chi connectivity index (χ3v) is 7.28. The standard InChI is InChI=1S/C20H34N2O2S/c1-14(2)25(23,24)22-10-8-6-7-9-21-19-12-16(4)20-17(5)15(3)11-18(20)13-19/h12-15,17,21-22H,6-11H2,1-5H3. The first-order valence-corrected chi connectivity index (χ1v) is 11.1. The number of hydrogen-bond acceptors (Lipinski definition) is 3. The van der Waals surface area contributed by atoms with E-state index < -0.39 is 10.0 Å². The molecule has 1 aromatic rings. The molecule has 2 rings (SSSR count). The average molecular weight is 367 g/mol. The van der Waals surface area contributed by atoms with Gasteiger partial charge in [0.15, 0.2) is 0 Å². The summed E-state index contributed by atoms with van der Waals surface area (Å²) in [6.07, 6.45) is 4.13. The number of fused-ring (bicyclic) bond motifs is 1. The lowest BCUT2D eigenvalue weighted by Gasteiger charge is -2.14. The molecule has 25 heavy (non-hydrogen) atoms.